The van der Waals surface area contributed by atoms with E-state index in [1.165, 1.54) is 6.92 Å². The second-order valence-corrected chi connectivity index (χ2v) is 5.66. The fourth-order valence-corrected chi connectivity index (χ4v) is 2.30. The minimum absolute atomic E-state index is 0.0803. The summed E-state index contributed by atoms with van der Waals surface area (Å²) in [6.45, 7) is 3.68. The summed E-state index contributed by atoms with van der Waals surface area (Å²) in [5, 5.41) is 11.6. The van der Waals surface area contributed by atoms with Crippen LogP contribution in [0.1, 0.15) is 48.2 Å². The van der Waals surface area contributed by atoms with Crippen LogP contribution in [-0.2, 0) is 11.4 Å². The van der Waals surface area contributed by atoms with E-state index in [-0.39, 0.29) is 18.3 Å². The molecule has 2 rings (SSSR count). The van der Waals surface area contributed by atoms with E-state index in [0.29, 0.717) is 29.0 Å². The van der Waals surface area contributed by atoms with Gasteiger partial charge in [-0.25, -0.2) is 0 Å². The summed E-state index contributed by atoms with van der Waals surface area (Å²) in [5.74, 6) is 0.245. The van der Waals surface area contributed by atoms with Crippen molar-refractivity contribution in [1.29, 1.82) is 5.26 Å². The number of carbonyl (C=O) groups excluding carboxylic acids is 2. The Morgan fingerprint density at radius 2 is 1.88 bits per heavy atom. The van der Waals surface area contributed by atoms with E-state index < -0.39 is 0 Å². The summed E-state index contributed by atoms with van der Waals surface area (Å²) in [5.41, 5.74) is 2.48. The molecule has 1 N–H and O–H groups in total. The molecule has 0 heterocycles. The molecule has 5 nitrogen and oxygen atoms in total. The number of nitriles is 1. The van der Waals surface area contributed by atoms with Gasteiger partial charge in [-0.05, 0) is 49.2 Å². The molecule has 25 heavy (non-hydrogen) atoms. The standard InChI is InChI=1S/C20H20N2O3/c1-3-4-20(24)22-17-9-10-19(18(11-17)14(2)23)25-13-16-7-5-15(12-21)6-8-16/h5-11H,3-4,13H2,1-2H3,(H,22,24). The van der Waals surface area contributed by atoms with Crippen LogP contribution in [0.3, 0.4) is 0 Å². The van der Waals surface area contributed by atoms with E-state index in [2.05, 4.69) is 11.4 Å². The normalized spacial score (nSPS) is 9.96. The summed E-state index contributed by atoms with van der Waals surface area (Å²) < 4.78 is 5.75. The number of ether oxygens (including phenoxy) is 1. The molecule has 0 aromatic heterocycles. The van der Waals surface area contributed by atoms with Gasteiger partial charge in [0.25, 0.3) is 0 Å². The number of benzene rings is 2. The molecule has 1 amide bonds. The third-order valence-electron chi connectivity index (χ3n) is 3.60. The molecule has 0 unspecified atom stereocenters. The van der Waals surface area contributed by atoms with E-state index in [4.69, 9.17) is 10.00 Å². The molecular weight excluding hydrogens is 316 g/mol. The Kier molecular flexibility index (Phi) is 6.30. The maximum atomic E-state index is 11.9. The van der Waals surface area contributed by atoms with Crippen LogP contribution >= 0.6 is 0 Å². The highest BCUT2D eigenvalue weighted by molar-refractivity contribution is 5.99. The second kappa shape index (κ2) is 8.65. The van der Waals surface area contributed by atoms with Crippen molar-refractivity contribution in [2.75, 3.05) is 5.32 Å². The molecule has 0 spiro atoms. The Hall–Kier alpha value is -3.13. The predicted octanol–water partition coefficient (Wildman–Crippen LogP) is 4.08. The molecule has 0 bridgehead atoms. The van der Waals surface area contributed by atoms with Crippen molar-refractivity contribution >= 4 is 17.4 Å². The van der Waals surface area contributed by atoms with Gasteiger partial charge in [0.15, 0.2) is 5.78 Å². The van der Waals surface area contributed by atoms with Crippen LogP contribution in [0, 0.1) is 11.3 Å². The van der Waals surface area contributed by atoms with Crippen molar-refractivity contribution in [2.24, 2.45) is 0 Å². The molecule has 0 atom stereocenters. The summed E-state index contributed by atoms with van der Waals surface area (Å²) in [4.78, 5) is 23.6. The van der Waals surface area contributed by atoms with Crippen LogP contribution in [0.5, 0.6) is 5.75 Å². The second-order valence-electron chi connectivity index (χ2n) is 5.66. The third-order valence-corrected chi connectivity index (χ3v) is 3.60. The highest BCUT2D eigenvalue weighted by atomic mass is 16.5. The van der Waals surface area contributed by atoms with Gasteiger partial charge in [0.2, 0.25) is 5.91 Å². The minimum Gasteiger partial charge on any atom is -0.488 e. The lowest BCUT2D eigenvalue weighted by molar-refractivity contribution is -0.116. The average molecular weight is 336 g/mol. The van der Waals surface area contributed by atoms with Crippen LogP contribution in [0.4, 0.5) is 5.69 Å². The van der Waals surface area contributed by atoms with Crippen molar-refractivity contribution in [1.82, 2.24) is 0 Å². The van der Waals surface area contributed by atoms with Crippen LogP contribution in [0.2, 0.25) is 0 Å². The average Bonchev–Trinajstić information content (AvgIpc) is 2.61. The molecular formula is C20H20N2O3. The number of hydrogen-bond acceptors (Lipinski definition) is 4. The van der Waals surface area contributed by atoms with Crippen molar-refractivity contribution in [3.05, 3.63) is 59.2 Å². The first-order valence-electron chi connectivity index (χ1n) is 8.10. The van der Waals surface area contributed by atoms with Gasteiger partial charge in [-0.1, -0.05) is 19.1 Å². The van der Waals surface area contributed by atoms with Crippen molar-refractivity contribution in [2.45, 2.75) is 33.3 Å². The zero-order valence-electron chi connectivity index (χ0n) is 14.3. The first-order valence-corrected chi connectivity index (χ1v) is 8.10. The number of anilines is 1. The van der Waals surface area contributed by atoms with Gasteiger partial charge < -0.3 is 10.1 Å². The maximum absolute atomic E-state index is 11.9. The SMILES string of the molecule is CCCC(=O)Nc1ccc(OCc2ccc(C#N)cc2)c(C(C)=O)c1. The summed E-state index contributed by atoms with van der Waals surface area (Å²) in [6, 6.07) is 14.2. The molecule has 0 aliphatic rings. The largest absolute Gasteiger partial charge is 0.488 e. The Morgan fingerprint density at radius 3 is 2.48 bits per heavy atom. The number of nitrogens with one attached hydrogen (secondary N) is 1. The highest BCUT2D eigenvalue weighted by Gasteiger charge is 2.11. The van der Waals surface area contributed by atoms with Crippen LogP contribution < -0.4 is 10.1 Å². The fourth-order valence-electron chi connectivity index (χ4n) is 2.30. The van der Waals surface area contributed by atoms with Gasteiger partial charge in [0.1, 0.15) is 12.4 Å². The van der Waals surface area contributed by atoms with Crippen LogP contribution in [0.15, 0.2) is 42.5 Å². The van der Waals surface area contributed by atoms with Crippen molar-refractivity contribution < 1.29 is 14.3 Å². The smallest absolute Gasteiger partial charge is 0.224 e. The lowest BCUT2D eigenvalue weighted by Crippen LogP contribution is -2.11. The number of carbonyl (C=O) groups is 2. The number of Topliss-reactive ketones (excluding diaryl/α,β-unsaturated/α-hetero) is 1. The summed E-state index contributed by atoms with van der Waals surface area (Å²) in [6.07, 6.45) is 1.20. The molecule has 2 aromatic rings. The molecule has 0 radical (unpaired) electrons. The Labute approximate surface area is 147 Å². The summed E-state index contributed by atoms with van der Waals surface area (Å²) >= 11 is 0. The van der Waals surface area contributed by atoms with E-state index in [1.807, 2.05) is 19.1 Å². The molecule has 128 valence electrons. The lowest BCUT2D eigenvalue weighted by atomic mass is 10.1. The quantitative estimate of drug-likeness (QED) is 0.773. The molecule has 0 saturated carbocycles. The topological polar surface area (TPSA) is 79.2 Å². The van der Waals surface area contributed by atoms with E-state index in [1.54, 1.807) is 30.3 Å². The Bertz CT molecular complexity index is 805. The first-order chi connectivity index (χ1) is 12.0. The molecule has 0 fully saturated rings. The van der Waals surface area contributed by atoms with E-state index >= 15 is 0 Å². The zero-order valence-corrected chi connectivity index (χ0v) is 14.3. The van der Waals surface area contributed by atoms with Gasteiger partial charge in [0, 0.05) is 12.1 Å². The van der Waals surface area contributed by atoms with Gasteiger partial charge in [-0.2, -0.15) is 5.26 Å². The first kappa shape index (κ1) is 18.2. The highest BCUT2D eigenvalue weighted by Crippen LogP contribution is 2.24. The lowest BCUT2D eigenvalue weighted by Gasteiger charge is -2.12. The number of amides is 1. The minimum atomic E-state index is -0.138. The molecule has 0 saturated heterocycles. The van der Waals surface area contributed by atoms with Gasteiger partial charge in [-0.15, -0.1) is 0 Å². The number of nitrogens with zero attached hydrogens (tertiary/aromatic N) is 1. The molecule has 2 aromatic carbocycles. The zero-order chi connectivity index (χ0) is 18.2. The van der Waals surface area contributed by atoms with Crippen LogP contribution in [-0.4, -0.2) is 11.7 Å². The Balaban J connectivity index is 2.12. The van der Waals surface area contributed by atoms with E-state index in [0.717, 1.165) is 12.0 Å². The molecule has 5 heteroatoms. The van der Waals surface area contributed by atoms with Crippen LogP contribution in [0.25, 0.3) is 0 Å². The third kappa shape index (κ3) is 5.18. The van der Waals surface area contributed by atoms with Gasteiger partial charge >= 0.3 is 0 Å². The van der Waals surface area contributed by atoms with Gasteiger partial charge in [0.05, 0.1) is 17.2 Å². The number of hydrogen-bond donors (Lipinski definition) is 1. The van der Waals surface area contributed by atoms with Gasteiger partial charge in [-0.3, -0.25) is 9.59 Å². The predicted molar refractivity (Wildman–Crippen MR) is 95.5 cm³/mol. The van der Waals surface area contributed by atoms with E-state index in [9.17, 15) is 9.59 Å². The van der Waals surface area contributed by atoms with Crippen molar-refractivity contribution in [3.8, 4) is 11.8 Å². The fraction of sp³-hybridized carbons (Fsp3) is 0.250. The summed E-state index contributed by atoms with van der Waals surface area (Å²) in [7, 11) is 0. The number of ketones is 1. The maximum Gasteiger partial charge on any atom is 0.224 e. The Morgan fingerprint density at radius 1 is 1.16 bits per heavy atom. The monoisotopic (exact) mass is 336 g/mol. The number of rotatable bonds is 7. The van der Waals surface area contributed by atoms with Crippen molar-refractivity contribution in [3.63, 3.8) is 0 Å². The molecule has 0 aliphatic carbocycles. The molecule has 0 aliphatic heterocycles.